The van der Waals surface area contributed by atoms with Crippen LogP contribution in [0.1, 0.15) is 17.3 Å². The lowest BCUT2D eigenvalue weighted by Crippen LogP contribution is -2.11. The van der Waals surface area contributed by atoms with Gasteiger partial charge in [0.05, 0.1) is 26.0 Å². The zero-order valence-corrected chi connectivity index (χ0v) is 7.93. The first kappa shape index (κ1) is 10.5. The fourth-order valence-corrected chi connectivity index (χ4v) is 1.03. The maximum atomic E-state index is 11.3. The number of hydrogen-bond acceptors (Lipinski definition) is 5. The lowest BCUT2D eigenvalue weighted by Gasteiger charge is -2.02. The van der Waals surface area contributed by atoms with Crippen molar-refractivity contribution >= 4 is 11.8 Å². The second kappa shape index (κ2) is 4.61. The van der Waals surface area contributed by atoms with Crippen LogP contribution in [-0.4, -0.2) is 34.1 Å². The minimum atomic E-state index is -0.491. The zero-order chi connectivity index (χ0) is 10.6. The van der Waals surface area contributed by atoms with Gasteiger partial charge >= 0.3 is 5.97 Å². The Morgan fingerprint density at radius 3 is 3.07 bits per heavy atom. The molecular weight excluding hydrogens is 186 g/mol. The first-order valence-electron chi connectivity index (χ1n) is 4.30. The molecule has 0 spiro atoms. The fraction of sp³-hybridized carbons (Fsp3) is 0.500. The summed E-state index contributed by atoms with van der Waals surface area (Å²) in [5.74, 6) is -0.272. The van der Waals surface area contributed by atoms with Gasteiger partial charge in [-0.05, 0) is 6.92 Å². The number of ether oxygens (including phenoxy) is 1. The summed E-state index contributed by atoms with van der Waals surface area (Å²) >= 11 is 0. The summed E-state index contributed by atoms with van der Waals surface area (Å²) in [6, 6.07) is 0. The van der Waals surface area contributed by atoms with Crippen LogP contribution in [0.5, 0.6) is 0 Å². The molecular formula is C8H13N3O3. The number of carbonyl (C=O) groups excluding carboxylic acids is 1. The highest BCUT2D eigenvalue weighted by Gasteiger charge is 2.15. The highest BCUT2D eigenvalue weighted by atomic mass is 16.5. The number of aromatic nitrogens is 2. The molecule has 3 N–H and O–H groups in total. The highest BCUT2D eigenvalue weighted by molar-refractivity contribution is 5.93. The van der Waals surface area contributed by atoms with Crippen molar-refractivity contribution in [2.75, 3.05) is 18.9 Å². The molecule has 0 saturated carbocycles. The fourth-order valence-electron chi connectivity index (χ4n) is 1.03. The first-order chi connectivity index (χ1) is 6.70. The third-order valence-corrected chi connectivity index (χ3v) is 1.69. The van der Waals surface area contributed by atoms with E-state index in [9.17, 15) is 4.79 Å². The molecule has 6 nitrogen and oxygen atoms in total. The summed E-state index contributed by atoms with van der Waals surface area (Å²) in [5, 5.41) is 12.5. The van der Waals surface area contributed by atoms with Crippen LogP contribution in [0.25, 0.3) is 0 Å². The van der Waals surface area contributed by atoms with E-state index < -0.39 is 5.97 Å². The summed E-state index contributed by atoms with van der Waals surface area (Å²) in [5.41, 5.74) is 5.85. The normalized spacial score (nSPS) is 10.1. The molecule has 6 heteroatoms. The lowest BCUT2D eigenvalue weighted by molar-refractivity contribution is 0.0527. The summed E-state index contributed by atoms with van der Waals surface area (Å²) in [6.07, 6.45) is 1.34. The van der Waals surface area contributed by atoms with Crippen molar-refractivity contribution in [2.24, 2.45) is 0 Å². The van der Waals surface area contributed by atoms with Crippen LogP contribution in [-0.2, 0) is 11.3 Å². The standard InChI is InChI=1S/C8H13N3O3/c1-2-14-8(13)6-5-10-11(3-4-12)7(6)9/h5,12H,2-4,9H2,1H3. The smallest absolute Gasteiger partial charge is 0.343 e. The second-order valence-corrected chi connectivity index (χ2v) is 2.61. The number of esters is 1. The molecule has 78 valence electrons. The van der Waals surface area contributed by atoms with E-state index in [0.29, 0.717) is 6.61 Å². The Hall–Kier alpha value is -1.56. The molecule has 1 heterocycles. The number of rotatable bonds is 4. The Balaban J connectivity index is 2.83. The van der Waals surface area contributed by atoms with Crippen molar-refractivity contribution < 1.29 is 14.6 Å². The van der Waals surface area contributed by atoms with E-state index >= 15 is 0 Å². The zero-order valence-electron chi connectivity index (χ0n) is 7.93. The van der Waals surface area contributed by atoms with Gasteiger partial charge in [0.25, 0.3) is 0 Å². The Morgan fingerprint density at radius 1 is 1.79 bits per heavy atom. The van der Waals surface area contributed by atoms with Crippen molar-refractivity contribution in [2.45, 2.75) is 13.5 Å². The number of anilines is 1. The van der Waals surface area contributed by atoms with Crippen molar-refractivity contribution in [3.05, 3.63) is 11.8 Å². The van der Waals surface area contributed by atoms with Crippen molar-refractivity contribution in [3.8, 4) is 0 Å². The monoisotopic (exact) mass is 199 g/mol. The van der Waals surface area contributed by atoms with Crippen LogP contribution in [0.15, 0.2) is 6.20 Å². The van der Waals surface area contributed by atoms with Crippen LogP contribution >= 0.6 is 0 Å². The Kier molecular flexibility index (Phi) is 3.47. The topological polar surface area (TPSA) is 90.4 Å². The van der Waals surface area contributed by atoms with Gasteiger partial charge in [-0.25, -0.2) is 9.48 Å². The van der Waals surface area contributed by atoms with E-state index in [-0.39, 0.29) is 24.5 Å². The van der Waals surface area contributed by atoms with E-state index in [1.54, 1.807) is 6.92 Å². The van der Waals surface area contributed by atoms with Crippen molar-refractivity contribution in [1.82, 2.24) is 9.78 Å². The molecule has 0 aliphatic heterocycles. The number of hydrogen-bond donors (Lipinski definition) is 2. The molecule has 0 radical (unpaired) electrons. The van der Waals surface area contributed by atoms with Gasteiger partial charge in [0.2, 0.25) is 0 Å². The third kappa shape index (κ3) is 2.02. The van der Waals surface area contributed by atoms with Gasteiger partial charge in [0, 0.05) is 0 Å². The minimum Gasteiger partial charge on any atom is -0.462 e. The SMILES string of the molecule is CCOC(=O)c1cnn(CCO)c1N. The van der Waals surface area contributed by atoms with Gasteiger partial charge in [-0.15, -0.1) is 0 Å². The van der Waals surface area contributed by atoms with E-state index in [4.69, 9.17) is 15.6 Å². The average Bonchev–Trinajstić information content (AvgIpc) is 2.49. The highest BCUT2D eigenvalue weighted by Crippen LogP contribution is 2.11. The predicted molar refractivity (Wildman–Crippen MR) is 49.7 cm³/mol. The molecule has 0 aromatic carbocycles. The Labute approximate surface area is 81.3 Å². The molecule has 0 saturated heterocycles. The van der Waals surface area contributed by atoms with Gasteiger partial charge in [-0.2, -0.15) is 5.10 Å². The number of aliphatic hydroxyl groups is 1. The Morgan fingerprint density at radius 2 is 2.50 bits per heavy atom. The molecule has 0 aliphatic rings. The summed E-state index contributed by atoms with van der Waals surface area (Å²) in [6.45, 7) is 2.20. The summed E-state index contributed by atoms with van der Waals surface area (Å²) < 4.78 is 6.12. The Bertz CT molecular complexity index is 322. The number of nitrogen functional groups attached to an aromatic ring is 1. The van der Waals surface area contributed by atoms with Crippen molar-refractivity contribution in [1.29, 1.82) is 0 Å². The molecule has 0 amide bonds. The predicted octanol–water partition coefficient (Wildman–Crippen LogP) is -0.366. The molecule has 1 rings (SSSR count). The maximum Gasteiger partial charge on any atom is 0.343 e. The van der Waals surface area contributed by atoms with E-state index in [0.717, 1.165) is 0 Å². The molecule has 0 atom stereocenters. The van der Waals surface area contributed by atoms with Crippen LogP contribution in [0.4, 0.5) is 5.82 Å². The molecule has 0 bridgehead atoms. The number of carbonyl (C=O) groups is 1. The lowest BCUT2D eigenvalue weighted by atomic mass is 10.3. The molecule has 0 unspecified atom stereocenters. The quantitative estimate of drug-likeness (QED) is 0.646. The first-order valence-corrected chi connectivity index (χ1v) is 4.30. The maximum absolute atomic E-state index is 11.3. The van der Waals surface area contributed by atoms with Gasteiger partial charge in [0.1, 0.15) is 11.4 Å². The largest absolute Gasteiger partial charge is 0.462 e. The second-order valence-electron chi connectivity index (χ2n) is 2.61. The van der Waals surface area contributed by atoms with E-state index in [2.05, 4.69) is 5.10 Å². The van der Waals surface area contributed by atoms with Crippen LogP contribution in [0, 0.1) is 0 Å². The summed E-state index contributed by atoms with van der Waals surface area (Å²) in [7, 11) is 0. The molecule has 0 fully saturated rings. The van der Waals surface area contributed by atoms with Crippen LogP contribution < -0.4 is 5.73 Å². The molecule has 1 aromatic heterocycles. The summed E-state index contributed by atoms with van der Waals surface area (Å²) in [4.78, 5) is 11.3. The number of nitrogens with zero attached hydrogens (tertiary/aromatic N) is 2. The van der Waals surface area contributed by atoms with Gasteiger partial charge in [-0.3, -0.25) is 0 Å². The van der Waals surface area contributed by atoms with Gasteiger partial charge < -0.3 is 15.6 Å². The third-order valence-electron chi connectivity index (χ3n) is 1.69. The van der Waals surface area contributed by atoms with E-state index in [1.165, 1.54) is 10.9 Å². The molecule has 14 heavy (non-hydrogen) atoms. The van der Waals surface area contributed by atoms with Crippen LogP contribution in [0.2, 0.25) is 0 Å². The van der Waals surface area contributed by atoms with Crippen molar-refractivity contribution in [3.63, 3.8) is 0 Å². The minimum absolute atomic E-state index is 0.0753. The number of nitrogens with two attached hydrogens (primary N) is 1. The average molecular weight is 199 g/mol. The molecule has 0 aliphatic carbocycles. The van der Waals surface area contributed by atoms with Crippen LogP contribution in [0.3, 0.4) is 0 Å². The van der Waals surface area contributed by atoms with Gasteiger partial charge in [0.15, 0.2) is 0 Å². The molecule has 1 aromatic rings. The van der Waals surface area contributed by atoms with E-state index in [1.807, 2.05) is 0 Å². The van der Waals surface area contributed by atoms with Gasteiger partial charge in [-0.1, -0.05) is 0 Å². The number of aliphatic hydroxyl groups excluding tert-OH is 1.